The number of nitrogens with one attached hydrogen (secondary N) is 2. The molecule has 1 aliphatic rings. The normalized spacial score (nSPS) is 25.4. The van der Waals surface area contributed by atoms with Crippen LogP contribution in [0.5, 0.6) is 0 Å². The topological polar surface area (TPSA) is 48.0 Å². The highest BCUT2D eigenvalue weighted by molar-refractivity contribution is 5.85. The summed E-state index contributed by atoms with van der Waals surface area (Å²) in [6.07, 6.45) is 0.787. The monoisotopic (exact) mass is 216 g/mol. The Balaban J connectivity index is 2.26. The zero-order chi connectivity index (χ0) is 11.2. The lowest BCUT2D eigenvalue weighted by atomic mass is 9.90. The van der Waals surface area contributed by atoms with E-state index in [1.807, 2.05) is 19.1 Å². The molecule has 16 heavy (non-hydrogen) atoms. The van der Waals surface area contributed by atoms with Crippen LogP contribution in [0.4, 0.5) is 0 Å². The number of hydrogen-bond acceptors (Lipinski definition) is 2. The Morgan fingerprint density at radius 2 is 2.12 bits per heavy atom. The lowest BCUT2D eigenvalue weighted by molar-refractivity contribution is 0.0596. The zero-order valence-electron chi connectivity index (χ0n) is 9.38. The predicted molar refractivity (Wildman–Crippen MR) is 64.4 cm³/mol. The minimum absolute atomic E-state index is 0.648. The predicted octanol–water partition coefficient (Wildman–Crippen LogP) is 1.66. The smallest absolute Gasteiger partial charge is 0.106 e. The maximum absolute atomic E-state index is 10.6. The summed E-state index contributed by atoms with van der Waals surface area (Å²) in [6, 6.07) is 8.16. The Hall–Kier alpha value is -1.32. The van der Waals surface area contributed by atoms with Gasteiger partial charge in [0.25, 0.3) is 0 Å². The molecule has 1 fully saturated rings. The lowest BCUT2D eigenvalue weighted by Gasteiger charge is -2.22. The van der Waals surface area contributed by atoms with Gasteiger partial charge in [0.2, 0.25) is 0 Å². The second kappa shape index (κ2) is 3.34. The zero-order valence-corrected chi connectivity index (χ0v) is 9.38. The van der Waals surface area contributed by atoms with Crippen molar-refractivity contribution in [2.24, 2.45) is 0 Å². The SMILES string of the molecule is Cc1[nH]c2ccccc2c1C1(O)CCNC1. The fraction of sp³-hybridized carbons (Fsp3) is 0.385. The first-order chi connectivity index (χ1) is 7.71. The first-order valence-electron chi connectivity index (χ1n) is 5.72. The number of H-pyrrole nitrogens is 1. The Bertz CT molecular complexity index is 524. The number of aromatic nitrogens is 1. The highest BCUT2D eigenvalue weighted by Gasteiger charge is 2.36. The van der Waals surface area contributed by atoms with Gasteiger partial charge in [-0.05, 0) is 26.0 Å². The van der Waals surface area contributed by atoms with E-state index in [1.54, 1.807) is 0 Å². The Kier molecular flexibility index (Phi) is 2.06. The van der Waals surface area contributed by atoms with E-state index in [9.17, 15) is 5.11 Å². The van der Waals surface area contributed by atoms with Gasteiger partial charge in [-0.1, -0.05) is 18.2 Å². The second-order valence-corrected chi connectivity index (χ2v) is 4.63. The molecule has 2 aromatic rings. The maximum Gasteiger partial charge on any atom is 0.106 e. The van der Waals surface area contributed by atoms with Gasteiger partial charge in [-0.2, -0.15) is 0 Å². The molecule has 84 valence electrons. The molecular weight excluding hydrogens is 200 g/mol. The molecule has 3 nitrogen and oxygen atoms in total. The number of aliphatic hydroxyl groups is 1. The van der Waals surface area contributed by atoms with Crippen LogP contribution in [0.15, 0.2) is 24.3 Å². The average Bonchev–Trinajstić information content (AvgIpc) is 2.81. The van der Waals surface area contributed by atoms with E-state index >= 15 is 0 Å². The number of hydrogen-bond donors (Lipinski definition) is 3. The van der Waals surface area contributed by atoms with E-state index in [-0.39, 0.29) is 0 Å². The van der Waals surface area contributed by atoms with Gasteiger partial charge in [-0.3, -0.25) is 0 Å². The fourth-order valence-corrected chi connectivity index (χ4v) is 2.77. The third-order valence-electron chi connectivity index (χ3n) is 3.49. The number of para-hydroxylation sites is 1. The second-order valence-electron chi connectivity index (χ2n) is 4.63. The van der Waals surface area contributed by atoms with Crippen molar-refractivity contribution in [2.75, 3.05) is 13.1 Å². The number of aryl methyl sites for hydroxylation is 1. The molecule has 0 spiro atoms. The summed E-state index contributed by atoms with van der Waals surface area (Å²) < 4.78 is 0. The molecule has 3 N–H and O–H groups in total. The molecule has 1 aromatic carbocycles. The van der Waals surface area contributed by atoms with Gasteiger partial charge in [-0.15, -0.1) is 0 Å². The molecule has 0 bridgehead atoms. The van der Waals surface area contributed by atoms with Crippen LogP contribution >= 0.6 is 0 Å². The van der Waals surface area contributed by atoms with Crippen LogP contribution in [0.1, 0.15) is 17.7 Å². The van der Waals surface area contributed by atoms with Gasteiger partial charge >= 0.3 is 0 Å². The van der Waals surface area contributed by atoms with Crippen LogP contribution < -0.4 is 5.32 Å². The average molecular weight is 216 g/mol. The van der Waals surface area contributed by atoms with Crippen LogP contribution in [0.2, 0.25) is 0 Å². The first-order valence-corrected chi connectivity index (χ1v) is 5.72. The number of fused-ring (bicyclic) bond motifs is 1. The molecular formula is C13H16N2O. The van der Waals surface area contributed by atoms with Gasteiger partial charge in [0.1, 0.15) is 5.60 Å². The molecule has 1 unspecified atom stereocenters. The quantitative estimate of drug-likeness (QED) is 0.679. The van der Waals surface area contributed by atoms with Crippen LogP contribution in [-0.2, 0) is 5.60 Å². The van der Waals surface area contributed by atoms with Crippen LogP contribution in [0.3, 0.4) is 0 Å². The minimum atomic E-state index is -0.705. The molecule has 1 aliphatic heterocycles. The van der Waals surface area contributed by atoms with Crippen molar-refractivity contribution in [1.29, 1.82) is 0 Å². The largest absolute Gasteiger partial charge is 0.384 e. The summed E-state index contributed by atoms with van der Waals surface area (Å²) >= 11 is 0. The van der Waals surface area contributed by atoms with Crippen molar-refractivity contribution in [1.82, 2.24) is 10.3 Å². The molecule has 2 heterocycles. The van der Waals surface area contributed by atoms with Crippen LogP contribution in [0, 0.1) is 6.92 Å². The molecule has 1 atom stereocenters. The van der Waals surface area contributed by atoms with Crippen molar-refractivity contribution >= 4 is 10.9 Å². The van der Waals surface area contributed by atoms with Gasteiger partial charge < -0.3 is 15.4 Å². The third-order valence-corrected chi connectivity index (χ3v) is 3.49. The van der Waals surface area contributed by atoms with Crippen molar-refractivity contribution in [2.45, 2.75) is 18.9 Å². The minimum Gasteiger partial charge on any atom is -0.384 e. The van der Waals surface area contributed by atoms with Crippen LogP contribution in [0.25, 0.3) is 10.9 Å². The van der Waals surface area contributed by atoms with Gasteiger partial charge in [-0.25, -0.2) is 0 Å². The Labute approximate surface area is 94.5 Å². The number of rotatable bonds is 1. The summed E-state index contributed by atoms with van der Waals surface area (Å²) in [4.78, 5) is 3.34. The molecule has 3 rings (SSSR count). The fourth-order valence-electron chi connectivity index (χ4n) is 2.77. The number of aromatic amines is 1. The summed E-state index contributed by atoms with van der Waals surface area (Å²) in [5.74, 6) is 0. The summed E-state index contributed by atoms with van der Waals surface area (Å²) in [7, 11) is 0. The summed E-state index contributed by atoms with van der Waals surface area (Å²) in [6.45, 7) is 3.57. The number of β-amino-alcohol motifs (C(OH)–C–C–N with tert-alkyl or cyclic N) is 1. The van der Waals surface area contributed by atoms with E-state index in [0.29, 0.717) is 6.54 Å². The molecule has 1 aromatic heterocycles. The van der Waals surface area contributed by atoms with E-state index in [2.05, 4.69) is 22.4 Å². The van der Waals surface area contributed by atoms with E-state index in [4.69, 9.17) is 0 Å². The van der Waals surface area contributed by atoms with Crippen molar-refractivity contribution in [3.63, 3.8) is 0 Å². The highest BCUT2D eigenvalue weighted by Crippen LogP contribution is 2.35. The molecule has 3 heteroatoms. The van der Waals surface area contributed by atoms with Crippen molar-refractivity contribution in [3.8, 4) is 0 Å². The van der Waals surface area contributed by atoms with Crippen LogP contribution in [-0.4, -0.2) is 23.2 Å². The van der Waals surface area contributed by atoms with Gasteiger partial charge in [0.05, 0.1) is 0 Å². The molecule has 0 amide bonds. The highest BCUT2D eigenvalue weighted by atomic mass is 16.3. The van der Waals surface area contributed by atoms with E-state index in [0.717, 1.165) is 35.1 Å². The van der Waals surface area contributed by atoms with Gasteiger partial charge in [0, 0.05) is 28.7 Å². The van der Waals surface area contributed by atoms with Crippen molar-refractivity contribution < 1.29 is 5.11 Å². The standard InChI is InChI=1S/C13H16N2O/c1-9-12(13(16)6-7-14-8-13)10-4-2-3-5-11(10)15-9/h2-5,14-16H,6-8H2,1H3. The Morgan fingerprint density at radius 1 is 1.31 bits per heavy atom. The first kappa shape index (κ1) is 9.87. The lowest BCUT2D eigenvalue weighted by Crippen LogP contribution is -2.28. The molecule has 0 aliphatic carbocycles. The third kappa shape index (κ3) is 1.29. The molecule has 1 saturated heterocycles. The van der Waals surface area contributed by atoms with Gasteiger partial charge in [0.15, 0.2) is 0 Å². The molecule has 0 saturated carbocycles. The van der Waals surface area contributed by atoms with E-state index < -0.39 is 5.60 Å². The summed E-state index contributed by atoms with van der Waals surface area (Å²) in [5.41, 5.74) is 2.54. The van der Waals surface area contributed by atoms with Crippen molar-refractivity contribution in [3.05, 3.63) is 35.5 Å². The van der Waals surface area contributed by atoms with E-state index in [1.165, 1.54) is 0 Å². The number of benzene rings is 1. The maximum atomic E-state index is 10.6. The molecule has 0 radical (unpaired) electrons. The Morgan fingerprint density at radius 3 is 2.88 bits per heavy atom. The summed E-state index contributed by atoms with van der Waals surface area (Å²) in [5, 5.41) is 15.0.